The van der Waals surface area contributed by atoms with Gasteiger partial charge in [0.1, 0.15) is 12.1 Å². The van der Waals surface area contributed by atoms with Crippen molar-refractivity contribution in [2.75, 3.05) is 33.2 Å². The number of aliphatic hydroxyl groups is 2. The van der Waals surface area contributed by atoms with E-state index in [-0.39, 0.29) is 25.2 Å². The van der Waals surface area contributed by atoms with Crippen LogP contribution in [0, 0.1) is 24.2 Å². The van der Waals surface area contributed by atoms with Gasteiger partial charge in [0.05, 0.1) is 29.3 Å². The van der Waals surface area contributed by atoms with Gasteiger partial charge in [0.25, 0.3) is 0 Å². The second kappa shape index (κ2) is 20.9. The smallest absolute Gasteiger partial charge is 0.243 e. The molecule has 0 bridgehead atoms. The summed E-state index contributed by atoms with van der Waals surface area (Å²) in [5.41, 5.74) is 3.22. The van der Waals surface area contributed by atoms with Gasteiger partial charge in [-0.1, -0.05) is 76.3 Å². The van der Waals surface area contributed by atoms with Gasteiger partial charge in [-0.05, 0) is 37.4 Å². The molecule has 3 rings (SSSR count). The molecule has 4 N–H and O–H groups in total. The fraction of sp³-hybridized carbons (Fsp3) is 0.622. The summed E-state index contributed by atoms with van der Waals surface area (Å²) in [6.45, 7) is 7.24. The Labute approximate surface area is 290 Å². The summed E-state index contributed by atoms with van der Waals surface area (Å²) in [7, 11) is 1.76. The molecule has 1 aliphatic rings. The molecule has 0 saturated heterocycles. The third-order valence-electron chi connectivity index (χ3n) is 9.49. The summed E-state index contributed by atoms with van der Waals surface area (Å²) in [4.78, 5) is 49.7. The van der Waals surface area contributed by atoms with Gasteiger partial charge in [-0.2, -0.15) is 0 Å². The Morgan fingerprint density at radius 1 is 1.02 bits per heavy atom. The largest absolute Gasteiger partial charge is 0.389 e. The molecule has 3 unspecified atom stereocenters. The minimum absolute atomic E-state index is 0.0121. The monoisotopic (exact) mass is 681 g/mol. The first-order chi connectivity index (χ1) is 23.1. The fourth-order valence-electron chi connectivity index (χ4n) is 6.38. The van der Waals surface area contributed by atoms with Gasteiger partial charge in [0, 0.05) is 44.8 Å². The van der Waals surface area contributed by atoms with Gasteiger partial charge in [-0.15, -0.1) is 23.7 Å². The van der Waals surface area contributed by atoms with E-state index in [0.29, 0.717) is 31.0 Å². The summed E-state index contributed by atoms with van der Waals surface area (Å²) in [5, 5.41) is 29.5. The van der Waals surface area contributed by atoms with Crippen molar-refractivity contribution in [3.63, 3.8) is 0 Å². The Balaban J connectivity index is 1.81. The Morgan fingerprint density at radius 3 is 2.35 bits per heavy atom. The minimum Gasteiger partial charge on any atom is -0.389 e. The number of rotatable bonds is 20. The van der Waals surface area contributed by atoms with Gasteiger partial charge in [-0.3, -0.25) is 14.4 Å². The molecule has 1 fully saturated rings. The molecule has 1 aliphatic carbocycles. The molecule has 11 heteroatoms. The van der Waals surface area contributed by atoms with Crippen LogP contribution >= 0.6 is 11.3 Å². The number of carbonyl (C=O) groups is 3. The molecule has 0 radical (unpaired) electrons. The minimum atomic E-state index is -1.27. The molecule has 264 valence electrons. The summed E-state index contributed by atoms with van der Waals surface area (Å²) in [6.07, 6.45) is 9.17. The van der Waals surface area contributed by atoms with Gasteiger partial charge in [-0.25, -0.2) is 4.98 Å². The molecule has 0 aliphatic heterocycles. The van der Waals surface area contributed by atoms with E-state index in [9.17, 15) is 24.6 Å². The van der Waals surface area contributed by atoms with Gasteiger partial charge in [0.2, 0.25) is 17.7 Å². The van der Waals surface area contributed by atoms with Crippen LogP contribution in [0.5, 0.6) is 0 Å². The summed E-state index contributed by atoms with van der Waals surface area (Å²) in [5.74, 6) is 0.939. The normalized spacial score (nSPS) is 16.7. The number of aliphatic hydroxyl groups excluding tert-OH is 2. The van der Waals surface area contributed by atoms with E-state index in [0.717, 1.165) is 57.3 Å². The average Bonchev–Trinajstić information content (AvgIpc) is 3.61. The molecule has 3 amide bonds. The number of amides is 3. The van der Waals surface area contributed by atoms with Crippen molar-refractivity contribution in [3.05, 3.63) is 52.5 Å². The number of aromatic nitrogens is 1. The van der Waals surface area contributed by atoms with Crippen molar-refractivity contribution in [2.45, 2.75) is 102 Å². The van der Waals surface area contributed by atoms with Crippen molar-refractivity contribution in [3.8, 4) is 12.3 Å². The number of nitrogens with one attached hydrogen (secondary N) is 2. The van der Waals surface area contributed by atoms with Crippen molar-refractivity contribution < 1.29 is 24.6 Å². The molecule has 0 spiro atoms. The highest BCUT2D eigenvalue weighted by Gasteiger charge is 2.34. The number of terminal acetylenes is 1. The van der Waals surface area contributed by atoms with Crippen LogP contribution in [0.1, 0.15) is 76.5 Å². The van der Waals surface area contributed by atoms with E-state index in [1.165, 1.54) is 11.3 Å². The number of hydrogen-bond acceptors (Lipinski definition) is 8. The van der Waals surface area contributed by atoms with Crippen molar-refractivity contribution >= 4 is 29.1 Å². The van der Waals surface area contributed by atoms with E-state index < -0.39 is 42.0 Å². The van der Waals surface area contributed by atoms with Crippen LogP contribution in [-0.2, 0) is 27.2 Å². The fourth-order valence-corrected chi connectivity index (χ4v) is 6.96. The SMILES string of the molecule is C#CCC(O)[C@H](O)C(CC1CCCCC1)NC(=O)[C@H](Cc1cscn1)NC(=O)C(CC(=O)N(C)CCN(CC)CC)Cc1ccccc1. The number of carbonyl (C=O) groups excluding carboxylic acids is 3. The first kappa shape index (κ1) is 39.1. The zero-order valence-electron chi connectivity index (χ0n) is 28.9. The van der Waals surface area contributed by atoms with Crippen LogP contribution in [0.25, 0.3) is 0 Å². The maximum atomic E-state index is 14.0. The second-order valence-corrected chi connectivity index (χ2v) is 13.7. The number of benzene rings is 1. The van der Waals surface area contributed by atoms with E-state index in [2.05, 4.69) is 40.3 Å². The van der Waals surface area contributed by atoms with Gasteiger partial charge < -0.3 is 30.6 Å². The zero-order chi connectivity index (χ0) is 34.9. The standard InChI is InChI=1S/C37H55N5O5S/c1-5-14-33(43)35(45)31(22-28-17-12-9-13-18-28)39-37(47)32(24-30-25-48-26-38-30)40-36(46)29(21-27-15-10-8-11-16-27)23-34(44)41(4)19-20-42(6-2)7-3/h1,8,10-11,15-16,25-26,28-29,31-33,35,43,45H,6-7,9,12-14,17-24H2,2-4H3,(H,39,47)(H,40,46)/t29?,31?,32-,33?,35+/m0/s1. The maximum Gasteiger partial charge on any atom is 0.243 e. The number of hydrogen-bond donors (Lipinski definition) is 4. The first-order valence-electron chi connectivity index (χ1n) is 17.4. The molecule has 10 nitrogen and oxygen atoms in total. The molecular formula is C37H55N5O5S. The number of nitrogens with zero attached hydrogens (tertiary/aromatic N) is 3. The highest BCUT2D eigenvalue weighted by Crippen LogP contribution is 2.29. The number of thiazole rings is 1. The quantitative estimate of drug-likeness (QED) is 0.157. The lowest BCUT2D eigenvalue weighted by Gasteiger charge is -2.33. The molecule has 2 aromatic rings. The highest BCUT2D eigenvalue weighted by molar-refractivity contribution is 7.07. The maximum absolute atomic E-state index is 14.0. The molecule has 5 atom stereocenters. The third kappa shape index (κ3) is 13.0. The summed E-state index contributed by atoms with van der Waals surface area (Å²) >= 11 is 1.39. The lowest BCUT2D eigenvalue weighted by atomic mass is 9.82. The lowest BCUT2D eigenvalue weighted by Crippen LogP contribution is -2.56. The zero-order valence-corrected chi connectivity index (χ0v) is 29.7. The highest BCUT2D eigenvalue weighted by atomic mass is 32.1. The third-order valence-corrected chi connectivity index (χ3v) is 10.1. The Kier molecular flexibility index (Phi) is 17.1. The van der Waals surface area contributed by atoms with Crippen LogP contribution in [0.3, 0.4) is 0 Å². The predicted octanol–water partition coefficient (Wildman–Crippen LogP) is 3.42. The van der Waals surface area contributed by atoms with Crippen LogP contribution in [0.2, 0.25) is 0 Å². The van der Waals surface area contributed by atoms with Gasteiger partial charge >= 0.3 is 0 Å². The van der Waals surface area contributed by atoms with Crippen molar-refractivity contribution in [1.82, 2.24) is 25.4 Å². The molecule has 1 heterocycles. The van der Waals surface area contributed by atoms with Crippen molar-refractivity contribution in [1.29, 1.82) is 0 Å². The van der Waals surface area contributed by atoms with Crippen molar-refractivity contribution in [2.24, 2.45) is 11.8 Å². The summed E-state index contributed by atoms with van der Waals surface area (Å²) < 4.78 is 0. The van der Waals surface area contributed by atoms with Crippen LogP contribution in [-0.4, -0.2) is 100 Å². The first-order valence-corrected chi connectivity index (χ1v) is 18.4. The Morgan fingerprint density at radius 2 is 1.73 bits per heavy atom. The molecule has 48 heavy (non-hydrogen) atoms. The molecular weight excluding hydrogens is 627 g/mol. The van der Waals surface area contributed by atoms with E-state index in [1.54, 1.807) is 17.5 Å². The average molecular weight is 682 g/mol. The second-order valence-electron chi connectivity index (χ2n) is 13.0. The number of likely N-dealkylation sites (N-methyl/N-ethyl adjacent to an activating group) is 2. The Hall–Kier alpha value is -3.30. The van der Waals surface area contributed by atoms with Gasteiger partial charge in [0.15, 0.2) is 0 Å². The molecule has 1 saturated carbocycles. The summed E-state index contributed by atoms with van der Waals surface area (Å²) in [6, 6.07) is 7.78. The van der Waals surface area contributed by atoms with Crippen LogP contribution < -0.4 is 10.6 Å². The molecule has 1 aromatic heterocycles. The van der Waals surface area contributed by atoms with E-state index >= 15 is 0 Å². The predicted molar refractivity (Wildman–Crippen MR) is 190 cm³/mol. The topological polar surface area (TPSA) is 135 Å². The van der Waals surface area contributed by atoms with Crippen LogP contribution in [0.15, 0.2) is 41.2 Å². The van der Waals surface area contributed by atoms with E-state index in [4.69, 9.17) is 6.42 Å². The van der Waals surface area contributed by atoms with E-state index in [1.807, 2.05) is 35.7 Å². The Bertz CT molecular complexity index is 1280. The van der Waals surface area contributed by atoms with Crippen LogP contribution in [0.4, 0.5) is 0 Å². The lowest BCUT2D eigenvalue weighted by molar-refractivity contribution is -0.137. The molecule has 1 aromatic carbocycles.